The molecule has 0 aliphatic heterocycles. The summed E-state index contributed by atoms with van der Waals surface area (Å²) in [5.74, 6) is 1.74. The largest absolute Gasteiger partial charge is 0.493 e. The molecule has 0 aliphatic rings. The molecule has 0 aliphatic carbocycles. The third-order valence-electron chi connectivity index (χ3n) is 4.18. The first-order valence-corrected chi connectivity index (χ1v) is 9.48. The maximum Gasteiger partial charge on any atom is 0.122 e. The van der Waals surface area contributed by atoms with Crippen molar-refractivity contribution in [2.24, 2.45) is 0 Å². The Hall–Kier alpha value is -2.65. The molecule has 0 fully saturated rings. The number of hydrogen-bond acceptors (Lipinski definition) is 3. The van der Waals surface area contributed by atoms with Crippen LogP contribution in [0.1, 0.15) is 11.1 Å². The predicted molar refractivity (Wildman–Crippen MR) is 112 cm³/mol. The smallest absolute Gasteiger partial charge is 0.122 e. The fourth-order valence-electron chi connectivity index (χ4n) is 2.73. The molecule has 4 heteroatoms. The SMILES string of the molecule is Cc1cc(Cl)ccc1OCCNc1ccc(OCCc2ccccc2)cc1. The normalized spacial score (nSPS) is 10.4. The lowest BCUT2D eigenvalue weighted by Gasteiger charge is -2.11. The Morgan fingerprint density at radius 1 is 0.852 bits per heavy atom. The average Bonchev–Trinajstić information content (AvgIpc) is 2.68. The molecule has 3 nitrogen and oxygen atoms in total. The predicted octanol–water partition coefficient (Wildman–Crippen LogP) is 5.76. The highest BCUT2D eigenvalue weighted by atomic mass is 35.5. The van der Waals surface area contributed by atoms with Crippen molar-refractivity contribution in [3.05, 3.63) is 88.9 Å². The van der Waals surface area contributed by atoms with Gasteiger partial charge >= 0.3 is 0 Å². The molecule has 0 aromatic heterocycles. The lowest BCUT2D eigenvalue weighted by molar-refractivity contribution is 0.322. The van der Waals surface area contributed by atoms with Crippen molar-refractivity contribution >= 4 is 17.3 Å². The van der Waals surface area contributed by atoms with Gasteiger partial charge in [-0.05, 0) is 60.5 Å². The third kappa shape index (κ3) is 6.22. The van der Waals surface area contributed by atoms with Gasteiger partial charge in [0.05, 0.1) is 6.61 Å². The van der Waals surface area contributed by atoms with E-state index in [9.17, 15) is 0 Å². The van der Waals surface area contributed by atoms with Gasteiger partial charge in [-0.1, -0.05) is 41.9 Å². The first-order valence-electron chi connectivity index (χ1n) is 9.10. The maximum atomic E-state index is 5.96. The summed E-state index contributed by atoms with van der Waals surface area (Å²) in [6, 6.07) is 24.0. The van der Waals surface area contributed by atoms with Gasteiger partial charge in [0.2, 0.25) is 0 Å². The number of ether oxygens (including phenoxy) is 2. The first-order chi connectivity index (χ1) is 13.2. The highest BCUT2D eigenvalue weighted by Crippen LogP contribution is 2.21. The van der Waals surface area contributed by atoms with Gasteiger partial charge in [0.15, 0.2) is 0 Å². The van der Waals surface area contributed by atoms with Crippen molar-refractivity contribution in [1.29, 1.82) is 0 Å². The van der Waals surface area contributed by atoms with Crippen LogP contribution in [-0.2, 0) is 6.42 Å². The van der Waals surface area contributed by atoms with Gasteiger partial charge in [0, 0.05) is 23.7 Å². The minimum Gasteiger partial charge on any atom is -0.493 e. The molecule has 140 valence electrons. The molecule has 3 rings (SSSR count). The summed E-state index contributed by atoms with van der Waals surface area (Å²) in [7, 11) is 0. The number of benzene rings is 3. The van der Waals surface area contributed by atoms with E-state index in [0.29, 0.717) is 13.2 Å². The van der Waals surface area contributed by atoms with Gasteiger partial charge < -0.3 is 14.8 Å². The lowest BCUT2D eigenvalue weighted by Crippen LogP contribution is -2.11. The van der Waals surface area contributed by atoms with Gasteiger partial charge in [0.25, 0.3) is 0 Å². The van der Waals surface area contributed by atoms with Gasteiger partial charge in [-0.25, -0.2) is 0 Å². The minimum absolute atomic E-state index is 0.581. The van der Waals surface area contributed by atoms with Crippen LogP contribution in [0.4, 0.5) is 5.69 Å². The number of nitrogens with one attached hydrogen (secondary N) is 1. The topological polar surface area (TPSA) is 30.5 Å². The molecular weight excluding hydrogens is 358 g/mol. The Morgan fingerprint density at radius 3 is 2.37 bits per heavy atom. The summed E-state index contributed by atoms with van der Waals surface area (Å²) in [6.07, 6.45) is 0.905. The molecule has 0 atom stereocenters. The monoisotopic (exact) mass is 381 g/mol. The number of hydrogen-bond donors (Lipinski definition) is 1. The second-order valence-corrected chi connectivity index (χ2v) is 6.73. The van der Waals surface area contributed by atoms with E-state index in [4.69, 9.17) is 21.1 Å². The van der Waals surface area contributed by atoms with Crippen LogP contribution < -0.4 is 14.8 Å². The van der Waals surface area contributed by atoms with E-state index < -0.39 is 0 Å². The molecule has 0 heterocycles. The van der Waals surface area contributed by atoms with E-state index in [0.717, 1.165) is 40.7 Å². The summed E-state index contributed by atoms with van der Waals surface area (Å²) >= 11 is 5.96. The summed E-state index contributed by atoms with van der Waals surface area (Å²) in [6.45, 7) is 3.96. The van der Waals surface area contributed by atoms with E-state index in [1.54, 1.807) is 0 Å². The molecule has 3 aromatic rings. The van der Waals surface area contributed by atoms with Gasteiger partial charge in [-0.3, -0.25) is 0 Å². The second-order valence-electron chi connectivity index (χ2n) is 6.29. The second kappa shape index (κ2) is 9.89. The minimum atomic E-state index is 0.581. The summed E-state index contributed by atoms with van der Waals surface area (Å²) in [5, 5.41) is 4.07. The highest BCUT2D eigenvalue weighted by Gasteiger charge is 2.01. The molecule has 0 amide bonds. The zero-order valence-electron chi connectivity index (χ0n) is 15.5. The third-order valence-corrected chi connectivity index (χ3v) is 4.42. The van der Waals surface area contributed by atoms with Crippen molar-refractivity contribution in [2.45, 2.75) is 13.3 Å². The molecule has 0 radical (unpaired) electrons. The zero-order chi connectivity index (χ0) is 18.9. The van der Waals surface area contributed by atoms with E-state index in [1.807, 2.05) is 67.6 Å². The van der Waals surface area contributed by atoms with Crippen LogP contribution in [0.5, 0.6) is 11.5 Å². The van der Waals surface area contributed by atoms with Crippen LogP contribution in [0.3, 0.4) is 0 Å². The first kappa shape index (κ1) is 19.1. The molecule has 0 bridgehead atoms. The number of halogens is 1. The van der Waals surface area contributed by atoms with Crippen LogP contribution in [0.2, 0.25) is 5.02 Å². The van der Waals surface area contributed by atoms with E-state index >= 15 is 0 Å². The molecular formula is C23H24ClNO2. The average molecular weight is 382 g/mol. The van der Waals surface area contributed by atoms with Gasteiger partial charge in [-0.15, -0.1) is 0 Å². The molecule has 0 saturated heterocycles. The molecule has 0 unspecified atom stereocenters. The molecule has 27 heavy (non-hydrogen) atoms. The fraction of sp³-hybridized carbons (Fsp3) is 0.217. The molecule has 3 aromatic carbocycles. The Labute approximate surface area is 165 Å². The zero-order valence-corrected chi connectivity index (χ0v) is 16.2. The van der Waals surface area contributed by atoms with E-state index in [2.05, 4.69) is 17.4 Å². The lowest BCUT2D eigenvalue weighted by atomic mass is 10.2. The maximum absolute atomic E-state index is 5.96. The Balaban J connectivity index is 1.37. The summed E-state index contributed by atoms with van der Waals surface area (Å²) in [5.41, 5.74) is 3.37. The molecule has 0 saturated carbocycles. The number of rotatable bonds is 9. The standard InChI is InChI=1S/C23H24ClNO2/c1-18-17-20(24)7-12-23(18)27-16-14-25-21-8-10-22(11-9-21)26-15-13-19-5-3-2-4-6-19/h2-12,17,25H,13-16H2,1H3. The van der Waals surface area contributed by atoms with Gasteiger partial charge in [0.1, 0.15) is 18.1 Å². The van der Waals surface area contributed by atoms with Crippen molar-refractivity contribution in [3.8, 4) is 11.5 Å². The molecule has 1 N–H and O–H groups in total. The van der Waals surface area contributed by atoms with Crippen molar-refractivity contribution < 1.29 is 9.47 Å². The van der Waals surface area contributed by atoms with Crippen molar-refractivity contribution in [1.82, 2.24) is 0 Å². The summed E-state index contributed by atoms with van der Waals surface area (Å²) < 4.78 is 11.6. The highest BCUT2D eigenvalue weighted by molar-refractivity contribution is 6.30. The fourth-order valence-corrected chi connectivity index (χ4v) is 2.96. The quantitative estimate of drug-likeness (QED) is 0.478. The van der Waals surface area contributed by atoms with Crippen molar-refractivity contribution in [2.75, 3.05) is 25.1 Å². The van der Waals surface area contributed by atoms with Crippen LogP contribution in [-0.4, -0.2) is 19.8 Å². The Kier molecular flexibility index (Phi) is 7.00. The van der Waals surface area contributed by atoms with E-state index in [-0.39, 0.29) is 0 Å². The Bertz CT molecular complexity index is 835. The Morgan fingerprint density at radius 2 is 1.63 bits per heavy atom. The van der Waals surface area contributed by atoms with E-state index in [1.165, 1.54) is 5.56 Å². The summed E-state index contributed by atoms with van der Waals surface area (Å²) in [4.78, 5) is 0. The number of aryl methyl sites for hydroxylation is 1. The van der Waals surface area contributed by atoms with Crippen LogP contribution in [0.25, 0.3) is 0 Å². The van der Waals surface area contributed by atoms with Crippen molar-refractivity contribution in [3.63, 3.8) is 0 Å². The molecule has 0 spiro atoms. The van der Waals surface area contributed by atoms with Crippen LogP contribution >= 0.6 is 11.6 Å². The van der Waals surface area contributed by atoms with Crippen LogP contribution in [0, 0.1) is 6.92 Å². The van der Waals surface area contributed by atoms with Gasteiger partial charge in [-0.2, -0.15) is 0 Å². The number of anilines is 1. The van der Waals surface area contributed by atoms with Crippen LogP contribution in [0.15, 0.2) is 72.8 Å².